The first kappa shape index (κ1) is 13.5. The molecule has 1 aromatic rings. The van der Waals surface area contributed by atoms with Crippen LogP contribution in [0.5, 0.6) is 5.75 Å². The Balaban J connectivity index is 3.17. The van der Waals surface area contributed by atoms with Gasteiger partial charge in [0.15, 0.2) is 11.6 Å². The Bertz CT molecular complexity index is 354. The third-order valence-electron chi connectivity index (χ3n) is 2.59. The highest BCUT2D eigenvalue weighted by atomic mass is 16.5. The highest BCUT2D eigenvalue weighted by molar-refractivity contribution is 5.64. The van der Waals surface area contributed by atoms with Gasteiger partial charge in [-0.3, -0.25) is 0 Å². The van der Waals surface area contributed by atoms with Gasteiger partial charge in [0.2, 0.25) is 5.75 Å². The van der Waals surface area contributed by atoms with Gasteiger partial charge in [0, 0.05) is 19.6 Å². The number of nitrogens with zero attached hydrogens (tertiary/aromatic N) is 3. The molecule has 0 aliphatic heterocycles. The van der Waals surface area contributed by atoms with E-state index in [1.807, 2.05) is 7.05 Å². The zero-order valence-corrected chi connectivity index (χ0v) is 11.3. The van der Waals surface area contributed by atoms with Crippen molar-refractivity contribution in [1.29, 1.82) is 0 Å². The van der Waals surface area contributed by atoms with Gasteiger partial charge in [0.25, 0.3) is 0 Å². The molecule has 0 spiro atoms. The minimum atomic E-state index is 0.378. The van der Waals surface area contributed by atoms with E-state index in [9.17, 15) is 0 Å². The van der Waals surface area contributed by atoms with Gasteiger partial charge in [-0.2, -0.15) is 0 Å². The van der Waals surface area contributed by atoms with Crippen LogP contribution in [0.2, 0.25) is 0 Å². The lowest BCUT2D eigenvalue weighted by atomic mass is 10.2. The zero-order chi connectivity index (χ0) is 12.8. The van der Waals surface area contributed by atoms with Gasteiger partial charge in [-0.1, -0.05) is 6.92 Å². The van der Waals surface area contributed by atoms with Crippen LogP contribution in [0.1, 0.15) is 27.2 Å². The molecule has 0 atom stereocenters. The van der Waals surface area contributed by atoms with Gasteiger partial charge in [-0.15, -0.1) is 0 Å². The molecule has 1 aromatic heterocycles. The molecule has 5 heteroatoms. The molecule has 96 valence electrons. The summed E-state index contributed by atoms with van der Waals surface area (Å²) in [4.78, 5) is 10.7. The molecule has 0 aliphatic rings. The van der Waals surface area contributed by atoms with Crippen molar-refractivity contribution in [2.45, 2.75) is 33.2 Å². The molecular weight excluding hydrogens is 216 g/mol. The summed E-state index contributed by atoms with van der Waals surface area (Å²) < 4.78 is 5.42. The fourth-order valence-electron chi connectivity index (χ4n) is 1.78. The second-order valence-electron chi connectivity index (χ2n) is 4.12. The Morgan fingerprint density at radius 2 is 2.12 bits per heavy atom. The van der Waals surface area contributed by atoms with Crippen LogP contribution in [-0.2, 0) is 0 Å². The van der Waals surface area contributed by atoms with E-state index in [0.29, 0.717) is 11.8 Å². The molecule has 0 radical (unpaired) electrons. The van der Waals surface area contributed by atoms with Crippen molar-refractivity contribution in [3.8, 4) is 5.75 Å². The first-order valence-electron chi connectivity index (χ1n) is 5.99. The van der Waals surface area contributed by atoms with Crippen molar-refractivity contribution < 1.29 is 4.74 Å². The van der Waals surface area contributed by atoms with Gasteiger partial charge in [-0.25, -0.2) is 9.97 Å². The Labute approximate surface area is 103 Å². The SMILES string of the molecule is CCCN(c1ncnc(NC)c1OC)C(C)C. The summed E-state index contributed by atoms with van der Waals surface area (Å²) in [5.41, 5.74) is 0. The Morgan fingerprint density at radius 3 is 2.59 bits per heavy atom. The zero-order valence-electron chi connectivity index (χ0n) is 11.3. The number of hydrogen-bond donors (Lipinski definition) is 1. The molecule has 0 aliphatic carbocycles. The van der Waals surface area contributed by atoms with E-state index in [1.54, 1.807) is 13.4 Å². The maximum absolute atomic E-state index is 5.42. The van der Waals surface area contributed by atoms with Crippen molar-refractivity contribution in [2.24, 2.45) is 0 Å². The predicted molar refractivity (Wildman–Crippen MR) is 70.9 cm³/mol. The van der Waals surface area contributed by atoms with Crippen LogP contribution < -0.4 is 15.0 Å². The highest BCUT2D eigenvalue weighted by Crippen LogP contribution is 2.32. The first-order chi connectivity index (χ1) is 8.15. The van der Waals surface area contributed by atoms with E-state index in [0.717, 1.165) is 24.6 Å². The molecule has 0 saturated carbocycles. The maximum Gasteiger partial charge on any atom is 0.204 e. The van der Waals surface area contributed by atoms with Crippen molar-refractivity contribution in [2.75, 3.05) is 30.9 Å². The molecule has 0 fully saturated rings. The molecule has 5 nitrogen and oxygen atoms in total. The number of anilines is 2. The smallest absolute Gasteiger partial charge is 0.204 e. The summed E-state index contributed by atoms with van der Waals surface area (Å²) in [5, 5.41) is 3.02. The fourth-order valence-corrected chi connectivity index (χ4v) is 1.78. The number of methoxy groups -OCH3 is 1. The van der Waals surface area contributed by atoms with E-state index in [1.165, 1.54) is 0 Å². The summed E-state index contributed by atoms with van der Waals surface area (Å²) in [6.07, 6.45) is 2.63. The summed E-state index contributed by atoms with van der Waals surface area (Å²) >= 11 is 0. The molecule has 17 heavy (non-hydrogen) atoms. The van der Waals surface area contributed by atoms with Gasteiger partial charge in [-0.05, 0) is 20.3 Å². The van der Waals surface area contributed by atoms with Crippen LogP contribution in [-0.4, -0.2) is 36.7 Å². The molecule has 0 amide bonds. The third kappa shape index (κ3) is 2.99. The lowest BCUT2D eigenvalue weighted by Gasteiger charge is -2.29. The largest absolute Gasteiger partial charge is 0.490 e. The fraction of sp³-hybridized carbons (Fsp3) is 0.667. The van der Waals surface area contributed by atoms with Crippen molar-refractivity contribution in [3.63, 3.8) is 0 Å². The summed E-state index contributed by atoms with van der Waals surface area (Å²) in [6.45, 7) is 7.41. The van der Waals surface area contributed by atoms with Crippen molar-refractivity contribution in [1.82, 2.24) is 9.97 Å². The second-order valence-corrected chi connectivity index (χ2v) is 4.12. The summed E-state index contributed by atoms with van der Waals surface area (Å²) in [5.74, 6) is 2.28. The standard InChI is InChI=1S/C12H22N4O/c1-6-7-16(9(2)3)12-10(17-5)11(13-4)14-8-15-12/h8-9H,6-7H2,1-5H3,(H,13,14,15). The van der Waals surface area contributed by atoms with Gasteiger partial charge in [0.05, 0.1) is 7.11 Å². The van der Waals surface area contributed by atoms with E-state index >= 15 is 0 Å². The van der Waals surface area contributed by atoms with Crippen molar-refractivity contribution in [3.05, 3.63) is 6.33 Å². The molecule has 0 bridgehead atoms. The summed E-state index contributed by atoms with van der Waals surface area (Å²) in [7, 11) is 3.47. The molecular formula is C12H22N4O. The topological polar surface area (TPSA) is 50.3 Å². The third-order valence-corrected chi connectivity index (χ3v) is 2.59. The number of nitrogens with one attached hydrogen (secondary N) is 1. The van der Waals surface area contributed by atoms with Gasteiger partial charge in [0.1, 0.15) is 6.33 Å². The molecule has 0 aromatic carbocycles. The average molecular weight is 238 g/mol. The van der Waals surface area contributed by atoms with E-state index in [4.69, 9.17) is 4.74 Å². The van der Waals surface area contributed by atoms with Gasteiger partial charge < -0.3 is 15.0 Å². The van der Waals surface area contributed by atoms with E-state index in [-0.39, 0.29) is 0 Å². The number of hydrogen-bond acceptors (Lipinski definition) is 5. The molecule has 1 N–H and O–H groups in total. The van der Waals surface area contributed by atoms with Crippen LogP contribution in [0.25, 0.3) is 0 Å². The van der Waals surface area contributed by atoms with Crippen molar-refractivity contribution >= 4 is 11.6 Å². The maximum atomic E-state index is 5.42. The van der Waals surface area contributed by atoms with Gasteiger partial charge >= 0.3 is 0 Å². The van der Waals surface area contributed by atoms with E-state index < -0.39 is 0 Å². The highest BCUT2D eigenvalue weighted by Gasteiger charge is 2.19. The number of rotatable bonds is 6. The average Bonchev–Trinajstić information content (AvgIpc) is 2.34. The molecule has 0 saturated heterocycles. The Morgan fingerprint density at radius 1 is 1.41 bits per heavy atom. The number of ether oxygens (including phenoxy) is 1. The van der Waals surface area contributed by atoms with Crippen LogP contribution in [0.3, 0.4) is 0 Å². The lowest BCUT2D eigenvalue weighted by Crippen LogP contribution is -2.32. The van der Waals surface area contributed by atoms with Crippen LogP contribution in [0, 0.1) is 0 Å². The second kappa shape index (κ2) is 6.27. The Kier molecular flexibility index (Phi) is 5.00. The van der Waals surface area contributed by atoms with Crippen LogP contribution in [0.4, 0.5) is 11.6 Å². The molecule has 1 rings (SSSR count). The van der Waals surface area contributed by atoms with Crippen LogP contribution >= 0.6 is 0 Å². The minimum Gasteiger partial charge on any atom is -0.490 e. The lowest BCUT2D eigenvalue weighted by molar-refractivity contribution is 0.411. The normalized spacial score (nSPS) is 10.5. The monoisotopic (exact) mass is 238 g/mol. The molecule has 1 heterocycles. The molecule has 0 unspecified atom stereocenters. The summed E-state index contributed by atoms with van der Waals surface area (Å²) in [6, 6.07) is 0.378. The number of aromatic nitrogens is 2. The quantitative estimate of drug-likeness (QED) is 0.823. The Hall–Kier alpha value is -1.52. The van der Waals surface area contributed by atoms with E-state index in [2.05, 4.69) is 41.0 Å². The van der Waals surface area contributed by atoms with Crippen LogP contribution in [0.15, 0.2) is 6.33 Å². The predicted octanol–water partition coefficient (Wildman–Crippen LogP) is 2.15. The first-order valence-corrected chi connectivity index (χ1v) is 5.99. The minimum absolute atomic E-state index is 0.378.